The molecule has 0 amide bonds. The van der Waals surface area contributed by atoms with Crippen LogP contribution in [0.4, 0.5) is 0 Å². The van der Waals surface area contributed by atoms with Crippen molar-refractivity contribution in [3.05, 3.63) is 67.2 Å². The Hall–Kier alpha value is -1.06. The predicted molar refractivity (Wildman–Crippen MR) is 125 cm³/mol. The summed E-state index contributed by atoms with van der Waals surface area (Å²) in [6.45, 7) is 9.21. The summed E-state index contributed by atoms with van der Waals surface area (Å²) >= 11 is 5.46. The summed E-state index contributed by atoms with van der Waals surface area (Å²) in [5.74, 6) is 0. The quantitative estimate of drug-likeness (QED) is 0.318. The van der Waals surface area contributed by atoms with E-state index >= 15 is 0 Å². The summed E-state index contributed by atoms with van der Waals surface area (Å²) < 4.78 is 0. The van der Waals surface area contributed by atoms with E-state index in [1.807, 2.05) is 34.0 Å². The van der Waals surface area contributed by atoms with Crippen LogP contribution in [0.2, 0.25) is 0 Å². The van der Waals surface area contributed by atoms with Crippen molar-refractivity contribution in [2.75, 3.05) is 39.3 Å². The van der Waals surface area contributed by atoms with Crippen LogP contribution >= 0.6 is 34.0 Å². The minimum Gasteiger partial charge on any atom is -0.311 e. The fourth-order valence-corrected chi connectivity index (χ4v) is 4.94. The minimum absolute atomic E-state index is 0.971. The third-order valence-corrected chi connectivity index (χ3v) is 7.08. The van der Waals surface area contributed by atoms with E-state index in [2.05, 4.69) is 73.4 Å². The molecule has 0 aromatic carbocycles. The molecule has 0 atom stereocenters. The molecule has 0 aliphatic heterocycles. The summed E-state index contributed by atoms with van der Waals surface area (Å²) in [7, 11) is 0. The van der Waals surface area contributed by atoms with Gasteiger partial charge in [0.05, 0.1) is 0 Å². The van der Waals surface area contributed by atoms with Gasteiger partial charge in [0, 0.05) is 73.5 Å². The van der Waals surface area contributed by atoms with Crippen molar-refractivity contribution in [1.29, 1.82) is 0 Å². The second kappa shape index (κ2) is 13.2. The van der Waals surface area contributed by atoms with E-state index in [9.17, 15) is 0 Å². The zero-order valence-electron chi connectivity index (χ0n) is 16.2. The topological polar surface area (TPSA) is 39.3 Å². The van der Waals surface area contributed by atoms with Gasteiger partial charge in [0.25, 0.3) is 0 Å². The van der Waals surface area contributed by atoms with Gasteiger partial charge >= 0.3 is 0 Å². The Morgan fingerprint density at radius 3 is 1.21 bits per heavy atom. The van der Waals surface area contributed by atoms with Crippen LogP contribution in [0.3, 0.4) is 0 Å². The van der Waals surface area contributed by atoms with Crippen LogP contribution < -0.4 is 16.0 Å². The Bertz CT molecular complexity index is 611. The lowest BCUT2D eigenvalue weighted by atomic mass is 10.4. The van der Waals surface area contributed by atoms with Gasteiger partial charge in [-0.05, 0) is 34.3 Å². The second-order valence-corrected chi connectivity index (χ2v) is 9.71. The van der Waals surface area contributed by atoms with E-state index < -0.39 is 0 Å². The molecule has 0 unspecified atom stereocenters. The molecule has 3 N–H and O–H groups in total. The van der Waals surface area contributed by atoms with Crippen molar-refractivity contribution < 1.29 is 0 Å². The highest BCUT2D eigenvalue weighted by molar-refractivity contribution is 7.10. The molecule has 152 valence electrons. The van der Waals surface area contributed by atoms with E-state index in [0.29, 0.717) is 0 Å². The highest BCUT2D eigenvalue weighted by Gasteiger charge is 2.05. The predicted octanol–water partition coefficient (Wildman–Crippen LogP) is 3.84. The summed E-state index contributed by atoms with van der Waals surface area (Å²) in [5.41, 5.74) is 0. The maximum atomic E-state index is 3.58. The molecular formula is C21H30N4S3. The summed E-state index contributed by atoms with van der Waals surface area (Å²) in [4.78, 5) is 6.76. The summed E-state index contributed by atoms with van der Waals surface area (Å²) in [6.07, 6.45) is 0. The first kappa shape index (κ1) is 21.6. The normalized spacial score (nSPS) is 11.5. The summed E-state index contributed by atoms with van der Waals surface area (Å²) in [5, 5.41) is 17.1. The number of hydrogen-bond acceptors (Lipinski definition) is 7. The van der Waals surface area contributed by atoms with Gasteiger partial charge in [-0.2, -0.15) is 0 Å². The molecule has 7 heteroatoms. The maximum absolute atomic E-state index is 3.58. The van der Waals surface area contributed by atoms with Crippen LogP contribution in [0.5, 0.6) is 0 Å². The van der Waals surface area contributed by atoms with Crippen molar-refractivity contribution in [3.63, 3.8) is 0 Å². The van der Waals surface area contributed by atoms with Gasteiger partial charge in [0.2, 0.25) is 0 Å². The molecule has 28 heavy (non-hydrogen) atoms. The number of rotatable bonds is 15. The summed E-state index contributed by atoms with van der Waals surface area (Å²) in [6, 6.07) is 12.9. The van der Waals surface area contributed by atoms with Gasteiger partial charge in [0.1, 0.15) is 0 Å². The third-order valence-electron chi connectivity index (χ3n) is 4.45. The lowest BCUT2D eigenvalue weighted by Gasteiger charge is -2.23. The van der Waals surface area contributed by atoms with Crippen molar-refractivity contribution in [3.8, 4) is 0 Å². The van der Waals surface area contributed by atoms with E-state index in [0.717, 1.165) is 58.9 Å². The molecule has 3 aromatic heterocycles. The van der Waals surface area contributed by atoms with E-state index in [-0.39, 0.29) is 0 Å². The van der Waals surface area contributed by atoms with Gasteiger partial charge < -0.3 is 16.0 Å². The highest BCUT2D eigenvalue weighted by atomic mass is 32.1. The highest BCUT2D eigenvalue weighted by Crippen LogP contribution is 2.08. The number of nitrogens with one attached hydrogen (secondary N) is 3. The molecule has 4 nitrogen and oxygen atoms in total. The molecular weight excluding hydrogens is 404 g/mol. The molecule has 3 aromatic rings. The molecule has 0 spiro atoms. The van der Waals surface area contributed by atoms with Crippen molar-refractivity contribution in [2.45, 2.75) is 19.6 Å². The molecule has 0 fully saturated rings. The standard InChI is InChI=1S/C21H30N4S3/c1-4-19(26-13-1)16-22-7-10-25(11-8-23-17-20-5-2-14-27-20)12-9-24-18-21-6-3-15-28-21/h1-6,13-15,22-24H,7-12,16-18H2. The van der Waals surface area contributed by atoms with Crippen LogP contribution in [0.1, 0.15) is 14.6 Å². The van der Waals surface area contributed by atoms with E-state index in [1.54, 1.807) is 0 Å². The van der Waals surface area contributed by atoms with Crippen molar-refractivity contribution in [1.82, 2.24) is 20.9 Å². The van der Waals surface area contributed by atoms with Crippen LogP contribution in [0.25, 0.3) is 0 Å². The van der Waals surface area contributed by atoms with E-state index in [4.69, 9.17) is 0 Å². The van der Waals surface area contributed by atoms with E-state index in [1.165, 1.54) is 14.6 Å². The maximum Gasteiger partial charge on any atom is 0.0300 e. The largest absolute Gasteiger partial charge is 0.311 e. The Balaban J connectivity index is 1.32. The molecule has 3 rings (SSSR count). The number of hydrogen-bond donors (Lipinski definition) is 3. The zero-order valence-corrected chi connectivity index (χ0v) is 18.7. The van der Waals surface area contributed by atoms with Crippen molar-refractivity contribution >= 4 is 34.0 Å². The van der Waals surface area contributed by atoms with Gasteiger partial charge in [-0.25, -0.2) is 0 Å². The Morgan fingerprint density at radius 2 is 0.929 bits per heavy atom. The molecule has 0 radical (unpaired) electrons. The second-order valence-electron chi connectivity index (χ2n) is 6.61. The van der Waals surface area contributed by atoms with Crippen LogP contribution in [0, 0.1) is 0 Å². The molecule has 3 heterocycles. The van der Waals surface area contributed by atoms with Gasteiger partial charge in [-0.15, -0.1) is 34.0 Å². The van der Waals surface area contributed by atoms with Gasteiger partial charge in [-0.1, -0.05) is 18.2 Å². The van der Waals surface area contributed by atoms with Crippen molar-refractivity contribution in [2.24, 2.45) is 0 Å². The smallest absolute Gasteiger partial charge is 0.0300 e. The fourth-order valence-electron chi connectivity index (χ4n) is 2.92. The lowest BCUT2D eigenvalue weighted by molar-refractivity contribution is 0.271. The molecule has 0 saturated carbocycles. The lowest BCUT2D eigenvalue weighted by Crippen LogP contribution is -2.40. The number of thiophene rings is 3. The first-order valence-electron chi connectivity index (χ1n) is 9.82. The Kier molecular flexibility index (Phi) is 10.2. The van der Waals surface area contributed by atoms with Gasteiger partial charge in [-0.3, -0.25) is 4.90 Å². The Morgan fingerprint density at radius 1 is 0.571 bits per heavy atom. The van der Waals surface area contributed by atoms with Gasteiger partial charge in [0.15, 0.2) is 0 Å². The number of nitrogens with zero attached hydrogens (tertiary/aromatic N) is 1. The molecule has 0 aliphatic carbocycles. The Labute approximate surface area is 180 Å². The molecule has 0 aliphatic rings. The zero-order chi connectivity index (χ0) is 19.3. The third kappa shape index (κ3) is 8.53. The molecule has 0 bridgehead atoms. The van der Waals surface area contributed by atoms with Crippen LogP contribution in [0.15, 0.2) is 52.5 Å². The SMILES string of the molecule is c1csc(CNCCN(CCNCc2cccs2)CCNCc2cccs2)c1. The fraction of sp³-hybridized carbons (Fsp3) is 0.429. The minimum atomic E-state index is 0.971. The first-order chi connectivity index (χ1) is 13.9. The average Bonchev–Trinajstić information content (AvgIpc) is 3.48. The average molecular weight is 435 g/mol. The first-order valence-corrected chi connectivity index (χ1v) is 12.5. The van der Waals surface area contributed by atoms with Crippen LogP contribution in [-0.2, 0) is 19.6 Å². The molecule has 0 saturated heterocycles. The van der Waals surface area contributed by atoms with Crippen LogP contribution in [-0.4, -0.2) is 44.2 Å². The monoisotopic (exact) mass is 434 g/mol.